The molecule has 0 aromatic heterocycles. The van der Waals surface area contributed by atoms with E-state index in [-0.39, 0.29) is 11.2 Å². The molecule has 0 atom stereocenters. The van der Waals surface area contributed by atoms with E-state index in [1.54, 1.807) is 18.2 Å². The van der Waals surface area contributed by atoms with Crippen LogP contribution < -0.4 is 11.1 Å². The second-order valence-electron chi connectivity index (χ2n) is 5.37. The topological polar surface area (TPSA) is 50.4 Å². The predicted octanol–water partition coefficient (Wildman–Crippen LogP) is 3.60. The van der Waals surface area contributed by atoms with Crippen LogP contribution in [0, 0.1) is 0 Å². The van der Waals surface area contributed by atoms with Gasteiger partial charge in [-0.3, -0.25) is 0 Å². The molecule has 0 bridgehead atoms. The van der Waals surface area contributed by atoms with Gasteiger partial charge in [-0.05, 0) is 26.8 Å². The number of nitrogens with two attached hydrogens (primary N) is 1. The molecule has 0 aliphatic rings. The van der Waals surface area contributed by atoms with Crippen LogP contribution in [-0.4, -0.2) is 17.6 Å². The first-order chi connectivity index (χ1) is 9.00. The summed E-state index contributed by atoms with van der Waals surface area (Å²) >= 11 is 0. The molecule has 0 radical (unpaired) electrons. The summed E-state index contributed by atoms with van der Waals surface area (Å²) in [6, 6.07) is 6.40. The zero-order valence-corrected chi connectivity index (χ0v) is 11.7. The molecule has 6 heteroatoms. The van der Waals surface area contributed by atoms with Gasteiger partial charge < -0.3 is 11.1 Å². The first kappa shape index (κ1) is 16.1. The molecule has 3 N–H and O–H groups in total. The molecule has 110 valence electrons. The Bertz CT molecular complexity index is 525. The van der Waals surface area contributed by atoms with Crippen molar-refractivity contribution in [3.63, 3.8) is 0 Å². The highest BCUT2D eigenvalue weighted by Gasteiger charge is 2.33. The molecule has 1 aromatic carbocycles. The van der Waals surface area contributed by atoms with Gasteiger partial charge in [0, 0.05) is 16.8 Å². The Morgan fingerprint density at radius 3 is 2.25 bits per heavy atom. The Kier molecular flexibility index (Phi) is 4.47. The summed E-state index contributed by atoms with van der Waals surface area (Å²) in [5.41, 5.74) is 5.80. The van der Waals surface area contributed by atoms with E-state index in [1.807, 2.05) is 20.8 Å². The van der Waals surface area contributed by atoms with Crippen LogP contribution in [-0.2, 0) is 0 Å². The maximum atomic E-state index is 12.4. The van der Waals surface area contributed by atoms with Crippen molar-refractivity contribution in [3.05, 3.63) is 36.4 Å². The maximum absolute atomic E-state index is 12.4. The summed E-state index contributed by atoms with van der Waals surface area (Å²) in [6.45, 7) is 9.61. The lowest BCUT2D eigenvalue weighted by molar-refractivity contribution is -0.0597. The molecule has 3 nitrogen and oxygen atoms in total. The molecule has 20 heavy (non-hydrogen) atoms. The Hall–Kier alpha value is -1.98. The summed E-state index contributed by atoms with van der Waals surface area (Å²) in [4.78, 5) is 3.45. The maximum Gasteiger partial charge on any atom is 0.448 e. The van der Waals surface area contributed by atoms with Gasteiger partial charge in [0.1, 0.15) is 0 Å². The zero-order valence-electron chi connectivity index (χ0n) is 11.7. The summed E-state index contributed by atoms with van der Waals surface area (Å²) in [7, 11) is 0. The van der Waals surface area contributed by atoms with Crippen molar-refractivity contribution in [1.82, 2.24) is 5.32 Å². The van der Waals surface area contributed by atoms with Crippen molar-refractivity contribution in [1.29, 1.82) is 0 Å². The number of nitrogens with one attached hydrogen (secondary N) is 1. The zero-order chi connectivity index (χ0) is 15.6. The van der Waals surface area contributed by atoms with Crippen LogP contribution in [0.15, 0.2) is 35.8 Å². The molecule has 0 fully saturated rings. The Labute approximate surface area is 116 Å². The third kappa shape index (κ3) is 4.60. The van der Waals surface area contributed by atoms with Gasteiger partial charge in [-0.25, -0.2) is 4.99 Å². The third-order valence-corrected chi connectivity index (χ3v) is 2.29. The van der Waals surface area contributed by atoms with Gasteiger partial charge in [0.25, 0.3) is 0 Å². The van der Waals surface area contributed by atoms with Crippen LogP contribution >= 0.6 is 0 Å². The van der Waals surface area contributed by atoms with E-state index in [1.165, 1.54) is 6.07 Å². The van der Waals surface area contributed by atoms with Crippen molar-refractivity contribution in [2.24, 2.45) is 10.7 Å². The number of hydrogen-bond acceptors (Lipinski definition) is 2. The van der Waals surface area contributed by atoms with Crippen LogP contribution in [0.5, 0.6) is 0 Å². The summed E-state index contributed by atoms with van der Waals surface area (Å²) < 4.78 is 37.3. The van der Waals surface area contributed by atoms with E-state index < -0.39 is 12.0 Å². The third-order valence-electron chi connectivity index (χ3n) is 2.29. The van der Waals surface area contributed by atoms with Gasteiger partial charge in [0.05, 0.1) is 5.69 Å². The predicted molar refractivity (Wildman–Crippen MR) is 75.7 cm³/mol. The van der Waals surface area contributed by atoms with Crippen molar-refractivity contribution in [2.45, 2.75) is 32.5 Å². The first-order valence-corrected chi connectivity index (χ1v) is 5.98. The number of alkyl halides is 3. The van der Waals surface area contributed by atoms with Crippen LogP contribution in [0.1, 0.15) is 26.3 Å². The number of aliphatic imine (C=N–C) groups is 1. The van der Waals surface area contributed by atoms with E-state index >= 15 is 0 Å². The number of nitrogens with zero attached hydrogens (tertiary/aromatic N) is 1. The fourth-order valence-electron chi connectivity index (χ4n) is 1.54. The summed E-state index contributed by atoms with van der Waals surface area (Å²) in [5.74, 6) is -1.38. The Morgan fingerprint density at radius 1 is 1.20 bits per heavy atom. The van der Waals surface area contributed by atoms with Crippen molar-refractivity contribution in [3.8, 4) is 0 Å². The molecule has 0 aliphatic carbocycles. The molecule has 0 amide bonds. The second kappa shape index (κ2) is 5.56. The number of benzene rings is 1. The molecule has 0 heterocycles. The summed E-state index contributed by atoms with van der Waals surface area (Å²) in [6.07, 6.45) is -4.65. The molecule has 0 saturated carbocycles. The fourth-order valence-corrected chi connectivity index (χ4v) is 1.54. The highest BCUT2D eigenvalue weighted by Crippen LogP contribution is 2.27. The van der Waals surface area contributed by atoms with Gasteiger partial charge in [-0.1, -0.05) is 24.8 Å². The number of halogens is 3. The lowest BCUT2D eigenvalue weighted by Gasteiger charge is -2.24. The van der Waals surface area contributed by atoms with Crippen molar-refractivity contribution >= 4 is 17.2 Å². The lowest BCUT2D eigenvalue weighted by Crippen LogP contribution is -2.34. The van der Waals surface area contributed by atoms with Gasteiger partial charge >= 0.3 is 6.18 Å². The molecule has 0 spiro atoms. The van der Waals surface area contributed by atoms with Gasteiger partial charge in [-0.15, -0.1) is 0 Å². The van der Waals surface area contributed by atoms with Crippen LogP contribution in [0.2, 0.25) is 0 Å². The van der Waals surface area contributed by atoms with Crippen LogP contribution in [0.25, 0.3) is 5.70 Å². The van der Waals surface area contributed by atoms with Gasteiger partial charge in [-0.2, -0.15) is 13.2 Å². The molecule has 1 aromatic rings. The molecular weight excluding hydrogens is 267 g/mol. The standard InChI is InChI=1S/C14H18F3N3/c1-9(20-13(2,3)4)10-7-5-6-8-11(10)19-12(18)14(15,16)17/h5-8,20H,1H2,2-4H3,(H2,18,19). The smallest absolute Gasteiger partial charge is 0.380 e. The minimum Gasteiger partial charge on any atom is -0.380 e. The monoisotopic (exact) mass is 285 g/mol. The Morgan fingerprint density at radius 2 is 1.75 bits per heavy atom. The SMILES string of the molecule is C=C(NC(C)(C)C)c1ccccc1/N=C(\N)C(F)(F)F. The first-order valence-electron chi connectivity index (χ1n) is 5.98. The largest absolute Gasteiger partial charge is 0.448 e. The highest BCUT2D eigenvalue weighted by molar-refractivity contribution is 5.89. The van der Waals surface area contributed by atoms with E-state index in [0.717, 1.165) is 0 Å². The summed E-state index contributed by atoms with van der Waals surface area (Å²) in [5, 5.41) is 3.10. The molecule has 1 rings (SSSR count). The second-order valence-corrected chi connectivity index (χ2v) is 5.37. The lowest BCUT2D eigenvalue weighted by atomic mass is 10.1. The normalized spacial score (nSPS) is 13.2. The van der Waals surface area contributed by atoms with Gasteiger partial charge in [0.15, 0.2) is 0 Å². The molecule has 0 saturated heterocycles. The van der Waals surface area contributed by atoms with Crippen LogP contribution in [0.4, 0.5) is 18.9 Å². The van der Waals surface area contributed by atoms with E-state index in [2.05, 4.69) is 16.9 Å². The van der Waals surface area contributed by atoms with E-state index in [9.17, 15) is 13.2 Å². The van der Waals surface area contributed by atoms with Crippen molar-refractivity contribution < 1.29 is 13.2 Å². The quantitative estimate of drug-likeness (QED) is 0.658. The Balaban J connectivity index is 3.16. The minimum atomic E-state index is -4.65. The number of hydrogen-bond donors (Lipinski definition) is 2. The average molecular weight is 285 g/mol. The van der Waals surface area contributed by atoms with Crippen LogP contribution in [0.3, 0.4) is 0 Å². The number of rotatable bonds is 3. The fraction of sp³-hybridized carbons (Fsp3) is 0.357. The molecular formula is C14H18F3N3. The van der Waals surface area contributed by atoms with Crippen molar-refractivity contribution in [2.75, 3.05) is 0 Å². The molecule has 0 unspecified atom stereocenters. The highest BCUT2D eigenvalue weighted by atomic mass is 19.4. The van der Waals surface area contributed by atoms with E-state index in [4.69, 9.17) is 5.73 Å². The van der Waals surface area contributed by atoms with E-state index in [0.29, 0.717) is 11.3 Å². The van der Waals surface area contributed by atoms with Gasteiger partial charge in [0.2, 0.25) is 5.84 Å². The number of amidine groups is 1. The number of para-hydroxylation sites is 1. The minimum absolute atomic E-state index is 0.129. The average Bonchev–Trinajstić information content (AvgIpc) is 2.25. The molecule has 0 aliphatic heterocycles.